The van der Waals surface area contributed by atoms with Crippen LogP contribution < -0.4 is 10.5 Å². The molecule has 0 saturated heterocycles. The first kappa shape index (κ1) is 26.7. The van der Waals surface area contributed by atoms with Gasteiger partial charge in [-0.15, -0.1) is 0 Å². The highest BCUT2D eigenvalue weighted by molar-refractivity contribution is 5.98. The summed E-state index contributed by atoms with van der Waals surface area (Å²) in [6, 6.07) is 8.32. The van der Waals surface area contributed by atoms with Crippen LogP contribution in [-0.4, -0.2) is 49.0 Å². The van der Waals surface area contributed by atoms with Crippen molar-refractivity contribution in [2.75, 3.05) is 7.05 Å². The standard InChI is InChI=1S/C29H28F2N8O2/c1-4-29(33,11-15(2)12-32)27-34-13-16(14-35-27)19-8-9-39-25(36-19)23-18-10-20(24(23)37-39)38(3)26(40)17-6-5-7-21(22(17)18)41-28(30)31/h5-9,13-15,18,20,28H,4,10-11,33H2,1-3H3/t15?,18-,20-,29-/m1/s1. The van der Waals surface area contributed by atoms with Crippen molar-refractivity contribution in [2.45, 2.75) is 57.2 Å². The number of ether oxygens (including phenoxy) is 1. The number of amides is 1. The Balaban J connectivity index is 1.44. The number of halogens is 2. The van der Waals surface area contributed by atoms with Crippen molar-refractivity contribution in [1.29, 1.82) is 5.26 Å². The molecule has 12 heteroatoms. The van der Waals surface area contributed by atoms with E-state index in [1.54, 1.807) is 53.3 Å². The zero-order chi connectivity index (χ0) is 29.1. The average molecular weight is 559 g/mol. The number of aromatic nitrogens is 5. The van der Waals surface area contributed by atoms with Crippen LogP contribution in [0.3, 0.4) is 0 Å². The van der Waals surface area contributed by atoms with Gasteiger partial charge >= 0.3 is 6.61 Å². The Morgan fingerprint density at radius 1 is 1.24 bits per heavy atom. The number of benzene rings is 1. The monoisotopic (exact) mass is 558 g/mol. The molecule has 4 atom stereocenters. The minimum Gasteiger partial charge on any atom is -0.434 e. The summed E-state index contributed by atoms with van der Waals surface area (Å²) in [6.07, 6.45) is 6.58. The zero-order valence-corrected chi connectivity index (χ0v) is 22.8. The van der Waals surface area contributed by atoms with Crippen LogP contribution in [0.1, 0.15) is 78.1 Å². The van der Waals surface area contributed by atoms with Gasteiger partial charge in [0.1, 0.15) is 11.6 Å². The highest BCUT2D eigenvalue weighted by Crippen LogP contribution is 2.53. The molecule has 6 rings (SSSR count). The Labute approximate surface area is 234 Å². The van der Waals surface area contributed by atoms with Crippen LogP contribution in [0.25, 0.3) is 16.9 Å². The van der Waals surface area contributed by atoms with Gasteiger partial charge in [0, 0.05) is 59.7 Å². The summed E-state index contributed by atoms with van der Waals surface area (Å²) in [7, 11) is 1.70. The fraction of sp³-hybridized carbons (Fsp3) is 0.379. The first-order valence-corrected chi connectivity index (χ1v) is 13.4. The first-order valence-electron chi connectivity index (χ1n) is 13.4. The molecule has 1 aromatic carbocycles. The predicted molar refractivity (Wildman–Crippen MR) is 144 cm³/mol. The van der Waals surface area contributed by atoms with E-state index in [9.17, 15) is 18.8 Å². The number of fused-ring (bicyclic) bond motifs is 9. The van der Waals surface area contributed by atoms with Crippen LogP contribution in [0.15, 0.2) is 42.9 Å². The normalized spacial score (nSPS) is 19.9. The lowest BCUT2D eigenvalue weighted by Crippen LogP contribution is -2.39. The SMILES string of the molecule is CC[C@@](N)(CC(C)C#N)c1ncc(-c2ccn3nc4c(c3n2)[C@@H]2C[C@H]4N(C)C(=O)c3cccc(OC(F)F)c32)cn1. The molecule has 3 aromatic heterocycles. The van der Waals surface area contributed by atoms with Crippen LogP contribution in [-0.2, 0) is 5.54 Å². The molecule has 1 unspecified atom stereocenters. The third-order valence-corrected chi connectivity index (χ3v) is 8.24. The molecule has 0 saturated carbocycles. The van der Waals surface area contributed by atoms with Crippen molar-refractivity contribution in [3.63, 3.8) is 0 Å². The molecule has 1 amide bonds. The molecule has 41 heavy (non-hydrogen) atoms. The van der Waals surface area contributed by atoms with Crippen molar-refractivity contribution >= 4 is 11.6 Å². The maximum absolute atomic E-state index is 13.4. The van der Waals surface area contributed by atoms with Gasteiger partial charge in [-0.3, -0.25) is 4.79 Å². The Morgan fingerprint density at radius 2 is 2.00 bits per heavy atom. The quantitative estimate of drug-likeness (QED) is 0.349. The van der Waals surface area contributed by atoms with E-state index in [0.717, 1.165) is 5.56 Å². The van der Waals surface area contributed by atoms with Crippen molar-refractivity contribution in [3.8, 4) is 23.1 Å². The van der Waals surface area contributed by atoms with E-state index in [-0.39, 0.29) is 23.6 Å². The number of carbonyl (C=O) groups is 1. The Bertz CT molecular complexity index is 1700. The van der Waals surface area contributed by atoms with Gasteiger partial charge in [-0.05, 0) is 44.4 Å². The van der Waals surface area contributed by atoms with Crippen LogP contribution in [0.4, 0.5) is 8.78 Å². The van der Waals surface area contributed by atoms with E-state index in [1.165, 1.54) is 6.07 Å². The molecule has 2 aliphatic rings. The van der Waals surface area contributed by atoms with Crippen LogP contribution in [0.5, 0.6) is 5.75 Å². The number of nitrogens with two attached hydrogens (primary N) is 1. The number of hydrogen-bond acceptors (Lipinski definition) is 8. The van der Waals surface area contributed by atoms with Gasteiger partial charge in [-0.2, -0.15) is 19.1 Å². The van der Waals surface area contributed by atoms with E-state index in [0.29, 0.717) is 58.8 Å². The van der Waals surface area contributed by atoms with E-state index in [1.807, 2.05) is 13.8 Å². The number of alkyl halides is 2. The lowest BCUT2D eigenvalue weighted by Gasteiger charge is -2.27. The second kappa shape index (κ2) is 9.85. The molecule has 0 radical (unpaired) electrons. The van der Waals surface area contributed by atoms with E-state index < -0.39 is 18.1 Å². The predicted octanol–water partition coefficient (Wildman–Crippen LogP) is 4.56. The highest BCUT2D eigenvalue weighted by atomic mass is 19.3. The van der Waals surface area contributed by atoms with Gasteiger partial charge in [0.2, 0.25) is 0 Å². The van der Waals surface area contributed by atoms with Gasteiger partial charge in [0.25, 0.3) is 5.91 Å². The van der Waals surface area contributed by atoms with Gasteiger partial charge in [-0.1, -0.05) is 13.0 Å². The van der Waals surface area contributed by atoms with Crippen LogP contribution in [0, 0.1) is 17.2 Å². The topological polar surface area (TPSA) is 135 Å². The number of rotatable bonds is 7. The highest BCUT2D eigenvalue weighted by Gasteiger charge is 2.46. The maximum atomic E-state index is 13.4. The number of nitrogens with zero attached hydrogens (tertiary/aromatic N) is 7. The molecular formula is C29H28F2N8O2. The number of nitriles is 1. The van der Waals surface area contributed by atoms with Crippen molar-refractivity contribution in [3.05, 3.63) is 71.1 Å². The van der Waals surface area contributed by atoms with Crippen molar-refractivity contribution in [1.82, 2.24) is 29.5 Å². The first-order chi connectivity index (χ1) is 19.6. The molecule has 10 nitrogen and oxygen atoms in total. The third-order valence-electron chi connectivity index (χ3n) is 8.24. The largest absolute Gasteiger partial charge is 0.434 e. The molecule has 0 fully saturated rings. The molecule has 4 heterocycles. The van der Waals surface area contributed by atoms with Gasteiger partial charge in [0.05, 0.1) is 29.0 Å². The van der Waals surface area contributed by atoms with E-state index in [4.69, 9.17) is 20.6 Å². The molecule has 2 N–H and O–H groups in total. The molecule has 4 aromatic rings. The minimum atomic E-state index is -3.03. The van der Waals surface area contributed by atoms with Gasteiger partial charge in [0.15, 0.2) is 5.65 Å². The fourth-order valence-electron chi connectivity index (χ4n) is 6.08. The van der Waals surface area contributed by atoms with Gasteiger partial charge < -0.3 is 15.4 Å². The molecule has 0 spiro atoms. The molecular weight excluding hydrogens is 530 g/mol. The minimum absolute atomic E-state index is 0.0239. The fourth-order valence-corrected chi connectivity index (χ4v) is 6.08. The van der Waals surface area contributed by atoms with Gasteiger partial charge in [-0.25, -0.2) is 19.5 Å². The summed E-state index contributed by atoms with van der Waals surface area (Å²) in [5, 5.41) is 14.0. The summed E-state index contributed by atoms with van der Waals surface area (Å²) in [5.74, 6) is -0.501. The smallest absolute Gasteiger partial charge is 0.387 e. The number of hydrogen-bond donors (Lipinski definition) is 1. The molecule has 210 valence electrons. The van der Waals surface area contributed by atoms with Crippen molar-refractivity contribution < 1.29 is 18.3 Å². The lowest BCUT2D eigenvalue weighted by molar-refractivity contribution is -0.0505. The zero-order valence-electron chi connectivity index (χ0n) is 22.8. The molecule has 2 bridgehead atoms. The second-order valence-electron chi connectivity index (χ2n) is 10.7. The van der Waals surface area contributed by atoms with Crippen LogP contribution in [0.2, 0.25) is 0 Å². The Morgan fingerprint density at radius 3 is 2.68 bits per heavy atom. The Kier molecular flexibility index (Phi) is 6.42. The number of carbonyl (C=O) groups excluding carboxylic acids is 1. The summed E-state index contributed by atoms with van der Waals surface area (Å²) in [6.45, 7) is 0.727. The lowest BCUT2D eigenvalue weighted by atomic mass is 9.86. The summed E-state index contributed by atoms with van der Waals surface area (Å²) < 4.78 is 33.3. The maximum Gasteiger partial charge on any atom is 0.387 e. The van der Waals surface area contributed by atoms with E-state index >= 15 is 0 Å². The summed E-state index contributed by atoms with van der Waals surface area (Å²) >= 11 is 0. The third kappa shape index (κ3) is 4.28. The summed E-state index contributed by atoms with van der Waals surface area (Å²) in [4.78, 5) is 28.9. The van der Waals surface area contributed by atoms with Crippen LogP contribution >= 0.6 is 0 Å². The van der Waals surface area contributed by atoms with E-state index in [2.05, 4.69) is 16.0 Å². The molecule has 1 aliphatic heterocycles. The molecule has 1 aliphatic carbocycles. The van der Waals surface area contributed by atoms with Crippen molar-refractivity contribution in [2.24, 2.45) is 11.7 Å². The summed E-state index contributed by atoms with van der Waals surface area (Å²) in [5.41, 5.74) is 9.77. The average Bonchev–Trinajstić information content (AvgIpc) is 3.50. The second-order valence-corrected chi connectivity index (χ2v) is 10.7. The Hall–Kier alpha value is -4.50.